The van der Waals surface area contributed by atoms with Crippen LogP contribution in [0.3, 0.4) is 0 Å². The zero-order valence-electron chi connectivity index (χ0n) is 9.39. The summed E-state index contributed by atoms with van der Waals surface area (Å²) in [5.41, 5.74) is 7.26. The molecule has 2 aromatic rings. The summed E-state index contributed by atoms with van der Waals surface area (Å²) >= 11 is 3.42. The van der Waals surface area contributed by atoms with E-state index in [1.807, 2.05) is 18.2 Å². The molecule has 0 atom stereocenters. The van der Waals surface area contributed by atoms with E-state index in [0.29, 0.717) is 13.0 Å². The van der Waals surface area contributed by atoms with E-state index in [-0.39, 0.29) is 5.69 Å². The number of fused-ring (bicyclic) bond motifs is 3. The van der Waals surface area contributed by atoms with Crippen LogP contribution < -0.4 is 10.5 Å². The van der Waals surface area contributed by atoms with Crippen LogP contribution in [0.5, 0.6) is 5.75 Å². The van der Waals surface area contributed by atoms with E-state index in [2.05, 4.69) is 21.0 Å². The Bertz CT molecular complexity index is 636. The quantitative estimate of drug-likeness (QED) is 0.871. The maximum absolute atomic E-state index is 11.2. The molecule has 0 saturated carbocycles. The first kappa shape index (κ1) is 11.3. The van der Waals surface area contributed by atoms with Crippen molar-refractivity contribution >= 4 is 21.8 Å². The van der Waals surface area contributed by atoms with Crippen LogP contribution in [0.25, 0.3) is 5.69 Å². The predicted molar refractivity (Wildman–Crippen MR) is 69.0 cm³/mol. The first-order chi connectivity index (χ1) is 8.65. The number of halogens is 1. The van der Waals surface area contributed by atoms with Gasteiger partial charge in [-0.15, -0.1) is 0 Å². The molecular weight excluding hydrogens is 298 g/mol. The Hall–Kier alpha value is -1.82. The molecule has 0 unspecified atom stereocenters. The van der Waals surface area contributed by atoms with Crippen LogP contribution in [0.15, 0.2) is 28.7 Å². The highest BCUT2D eigenvalue weighted by Crippen LogP contribution is 2.30. The number of nitrogens with two attached hydrogens (primary N) is 1. The lowest BCUT2D eigenvalue weighted by Gasteiger charge is -2.08. The van der Waals surface area contributed by atoms with Crippen molar-refractivity contribution in [2.24, 2.45) is 5.73 Å². The largest absolute Gasteiger partial charge is 0.491 e. The molecule has 18 heavy (non-hydrogen) atoms. The van der Waals surface area contributed by atoms with Gasteiger partial charge in [-0.3, -0.25) is 4.79 Å². The van der Waals surface area contributed by atoms with Gasteiger partial charge in [0.15, 0.2) is 5.69 Å². The summed E-state index contributed by atoms with van der Waals surface area (Å²) in [6.45, 7) is 0.554. The van der Waals surface area contributed by atoms with Gasteiger partial charge in [-0.1, -0.05) is 15.9 Å². The van der Waals surface area contributed by atoms with Crippen molar-refractivity contribution in [3.8, 4) is 11.4 Å². The number of aromatic nitrogens is 2. The molecule has 1 aromatic heterocycles. The van der Waals surface area contributed by atoms with Crippen LogP contribution in [-0.2, 0) is 6.42 Å². The van der Waals surface area contributed by atoms with Crippen LogP contribution >= 0.6 is 15.9 Å². The number of hydrogen-bond acceptors (Lipinski definition) is 3. The summed E-state index contributed by atoms with van der Waals surface area (Å²) in [4.78, 5) is 11.2. The van der Waals surface area contributed by atoms with Crippen LogP contribution in [0.2, 0.25) is 0 Å². The Balaban J connectivity index is 2.22. The van der Waals surface area contributed by atoms with Crippen molar-refractivity contribution in [2.75, 3.05) is 6.61 Å². The van der Waals surface area contributed by atoms with Gasteiger partial charge in [0.05, 0.1) is 6.61 Å². The van der Waals surface area contributed by atoms with Gasteiger partial charge in [-0.25, -0.2) is 4.68 Å². The second-order valence-corrected chi connectivity index (χ2v) is 4.92. The SMILES string of the molecule is NC(=O)c1cc2n(n1)-c1cc(Br)ccc1OCC2. The number of ether oxygens (including phenoxy) is 1. The Morgan fingerprint density at radius 3 is 3.06 bits per heavy atom. The number of rotatable bonds is 1. The molecule has 1 aliphatic rings. The summed E-state index contributed by atoms with van der Waals surface area (Å²) < 4.78 is 8.29. The van der Waals surface area contributed by atoms with Crippen molar-refractivity contribution in [3.63, 3.8) is 0 Å². The van der Waals surface area contributed by atoms with Crippen LogP contribution in [-0.4, -0.2) is 22.3 Å². The summed E-state index contributed by atoms with van der Waals surface area (Å²) in [5.74, 6) is 0.226. The smallest absolute Gasteiger partial charge is 0.269 e. The van der Waals surface area contributed by atoms with Gasteiger partial charge in [0, 0.05) is 16.6 Å². The van der Waals surface area contributed by atoms with Crippen molar-refractivity contribution in [1.82, 2.24) is 9.78 Å². The second kappa shape index (κ2) is 4.13. The minimum Gasteiger partial charge on any atom is -0.491 e. The minimum absolute atomic E-state index is 0.276. The zero-order chi connectivity index (χ0) is 12.7. The van der Waals surface area contributed by atoms with E-state index in [1.165, 1.54) is 0 Å². The molecule has 0 bridgehead atoms. The summed E-state index contributed by atoms with van der Waals surface area (Å²) in [6, 6.07) is 7.39. The highest BCUT2D eigenvalue weighted by atomic mass is 79.9. The van der Waals surface area contributed by atoms with Gasteiger partial charge >= 0.3 is 0 Å². The van der Waals surface area contributed by atoms with Crippen molar-refractivity contribution < 1.29 is 9.53 Å². The van der Waals surface area contributed by atoms with Crippen molar-refractivity contribution in [3.05, 3.63) is 40.1 Å². The van der Waals surface area contributed by atoms with E-state index in [1.54, 1.807) is 10.7 Å². The highest BCUT2D eigenvalue weighted by molar-refractivity contribution is 9.10. The fraction of sp³-hybridized carbons (Fsp3) is 0.167. The van der Waals surface area contributed by atoms with E-state index < -0.39 is 5.91 Å². The number of primary amides is 1. The Kier molecular flexibility index (Phi) is 2.59. The molecule has 0 fully saturated rings. The highest BCUT2D eigenvalue weighted by Gasteiger charge is 2.19. The zero-order valence-corrected chi connectivity index (χ0v) is 11.0. The van der Waals surface area contributed by atoms with Crippen molar-refractivity contribution in [2.45, 2.75) is 6.42 Å². The number of nitrogens with zero attached hydrogens (tertiary/aromatic N) is 2. The third-order valence-corrected chi connectivity index (χ3v) is 3.29. The standard InChI is InChI=1S/C12H10BrN3O2/c13-7-1-2-11-10(5-7)16-8(3-4-18-11)6-9(15-16)12(14)17/h1-2,5-6H,3-4H2,(H2,14,17). The topological polar surface area (TPSA) is 70.1 Å². The molecular formula is C12H10BrN3O2. The molecule has 6 heteroatoms. The molecule has 0 aliphatic carbocycles. The third-order valence-electron chi connectivity index (χ3n) is 2.80. The second-order valence-electron chi connectivity index (χ2n) is 4.01. The fourth-order valence-corrected chi connectivity index (χ4v) is 2.32. The number of hydrogen-bond donors (Lipinski definition) is 1. The summed E-state index contributed by atoms with van der Waals surface area (Å²) in [7, 11) is 0. The average molecular weight is 308 g/mol. The van der Waals surface area contributed by atoms with E-state index in [0.717, 1.165) is 21.6 Å². The monoisotopic (exact) mass is 307 g/mol. The van der Waals surface area contributed by atoms with Gasteiger partial charge in [0.1, 0.15) is 11.4 Å². The van der Waals surface area contributed by atoms with Crippen molar-refractivity contribution in [1.29, 1.82) is 0 Å². The lowest BCUT2D eigenvalue weighted by Crippen LogP contribution is -2.12. The van der Waals surface area contributed by atoms with Crippen LogP contribution in [0, 0.1) is 0 Å². The number of amides is 1. The molecule has 5 nitrogen and oxygen atoms in total. The summed E-state index contributed by atoms with van der Waals surface area (Å²) in [6.07, 6.45) is 0.687. The maximum Gasteiger partial charge on any atom is 0.269 e. The molecule has 2 N–H and O–H groups in total. The Morgan fingerprint density at radius 1 is 1.44 bits per heavy atom. The lowest BCUT2D eigenvalue weighted by atomic mass is 10.2. The first-order valence-corrected chi connectivity index (χ1v) is 6.26. The van der Waals surface area contributed by atoms with Crippen LogP contribution in [0.4, 0.5) is 0 Å². The van der Waals surface area contributed by atoms with Gasteiger partial charge < -0.3 is 10.5 Å². The molecule has 1 amide bonds. The average Bonchev–Trinajstić information content (AvgIpc) is 2.68. The normalized spacial score (nSPS) is 13.2. The van der Waals surface area contributed by atoms with Crippen LogP contribution in [0.1, 0.15) is 16.2 Å². The molecule has 0 radical (unpaired) electrons. The molecule has 1 aliphatic heterocycles. The lowest BCUT2D eigenvalue weighted by molar-refractivity contribution is 0.0995. The number of carbonyl (C=O) groups is 1. The van der Waals surface area contributed by atoms with Gasteiger partial charge in [0.25, 0.3) is 5.91 Å². The minimum atomic E-state index is -0.520. The van der Waals surface area contributed by atoms with E-state index in [4.69, 9.17) is 10.5 Å². The maximum atomic E-state index is 11.2. The Morgan fingerprint density at radius 2 is 2.28 bits per heavy atom. The third kappa shape index (κ3) is 1.78. The van der Waals surface area contributed by atoms with Gasteiger partial charge in [-0.05, 0) is 24.3 Å². The summed E-state index contributed by atoms with van der Waals surface area (Å²) in [5, 5.41) is 4.23. The predicted octanol–water partition coefficient (Wildman–Crippen LogP) is 1.67. The molecule has 1 aromatic carbocycles. The molecule has 92 valence electrons. The fourth-order valence-electron chi connectivity index (χ4n) is 1.97. The Labute approximate surface area is 112 Å². The van der Waals surface area contributed by atoms with Gasteiger partial charge in [0.2, 0.25) is 0 Å². The number of carbonyl (C=O) groups excluding carboxylic acids is 1. The molecule has 0 saturated heterocycles. The first-order valence-electron chi connectivity index (χ1n) is 5.46. The molecule has 0 spiro atoms. The number of benzene rings is 1. The van der Waals surface area contributed by atoms with Gasteiger partial charge in [-0.2, -0.15) is 5.10 Å². The molecule has 3 rings (SSSR count). The molecule has 2 heterocycles. The van der Waals surface area contributed by atoms with E-state index in [9.17, 15) is 4.79 Å². The van der Waals surface area contributed by atoms with E-state index >= 15 is 0 Å².